The molecule has 2 N–H and O–H groups in total. The molecule has 1 fully saturated rings. The number of benzene rings is 1. The Hall–Kier alpha value is -0.730. The molecule has 1 saturated carbocycles. The van der Waals surface area contributed by atoms with E-state index in [9.17, 15) is 0 Å². The number of hydrogen-bond acceptors (Lipinski definition) is 2. The zero-order valence-corrected chi connectivity index (χ0v) is 10.4. The summed E-state index contributed by atoms with van der Waals surface area (Å²) in [5.74, 6) is 0.908. The maximum absolute atomic E-state index is 5.96. The molecule has 88 valence electrons. The molecule has 0 amide bonds. The van der Waals surface area contributed by atoms with Crippen LogP contribution in [0.15, 0.2) is 18.2 Å². The van der Waals surface area contributed by atoms with Gasteiger partial charge in [-0.1, -0.05) is 11.6 Å². The van der Waals surface area contributed by atoms with Crippen LogP contribution in [0.4, 0.5) is 0 Å². The molecule has 1 aromatic rings. The summed E-state index contributed by atoms with van der Waals surface area (Å²) in [6.45, 7) is 3.52. The van der Waals surface area contributed by atoms with Crippen molar-refractivity contribution in [1.82, 2.24) is 0 Å². The standard InChI is InChI=1S/C13H18ClNO/c1-10-8-11(2-3-12(10)14)16-9-13(4-5-13)6-7-15/h2-3,8H,4-7,9,15H2,1H3. The Morgan fingerprint density at radius 2 is 2.19 bits per heavy atom. The van der Waals surface area contributed by atoms with Crippen molar-refractivity contribution in [3.63, 3.8) is 0 Å². The van der Waals surface area contributed by atoms with E-state index in [1.54, 1.807) is 0 Å². The molecule has 0 aliphatic heterocycles. The van der Waals surface area contributed by atoms with Crippen LogP contribution >= 0.6 is 11.6 Å². The highest BCUT2D eigenvalue weighted by molar-refractivity contribution is 6.31. The maximum atomic E-state index is 5.96. The van der Waals surface area contributed by atoms with Crippen LogP contribution in [0.3, 0.4) is 0 Å². The molecule has 2 nitrogen and oxygen atoms in total. The fourth-order valence-corrected chi connectivity index (χ4v) is 2.01. The zero-order valence-electron chi connectivity index (χ0n) is 9.63. The summed E-state index contributed by atoms with van der Waals surface area (Å²) in [4.78, 5) is 0. The van der Waals surface area contributed by atoms with Crippen LogP contribution in [0.1, 0.15) is 24.8 Å². The number of nitrogens with two attached hydrogens (primary N) is 1. The monoisotopic (exact) mass is 239 g/mol. The predicted molar refractivity (Wildman–Crippen MR) is 67.0 cm³/mol. The third-order valence-electron chi connectivity index (χ3n) is 3.31. The average Bonchev–Trinajstić information content (AvgIpc) is 3.01. The first-order valence-corrected chi connectivity index (χ1v) is 6.12. The van der Waals surface area contributed by atoms with Gasteiger partial charge in [-0.15, -0.1) is 0 Å². The second-order valence-electron chi connectivity index (χ2n) is 4.74. The highest BCUT2D eigenvalue weighted by Gasteiger charge is 2.42. The van der Waals surface area contributed by atoms with Crippen molar-refractivity contribution in [3.8, 4) is 5.75 Å². The van der Waals surface area contributed by atoms with Gasteiger partial charge in [0, 0.05) is 10.4 Å². The summed E-state index contributed by atoms with van der Waals surface area (Å²) < 4.78 is 5.81. The maximum Gasteiger partial charge on any atom is 0.119 e. The first kappa shape index (κ1) is 11.7. The molecule has 0 radical (unpaired) electrons. The summed E-state index contributed by atoms with van der Waals surface area (Å²) >= 11 is 5.96. The van der Waals surface area contributed by atoms with E-state index in [1.807, 2.05) is 25.1 Å². The molecule has 0 atom stereocenters. The van der Waals surface area contributed by atoms with E-state index in [4.69, 9.17) is 22.1 Å². The Morgan fingerprint density at radius 1 is 1.44 bits per heavy atom. The second kappa shape index (κ2) is 4.64. The normalized spacial score (nSPS) is 17.2. The topological polar surface area (TPSA) is 35.2 Å². The van der Waals surface area contributed by atoms with Gasteiger partial charge in [-0.05, 0) is 56.5 Å². The van der Waals surface area contributed by atoms with E-state index in [2.05, 4.69) is 0 Å². The lowest BCUT2D eigenvalue weighted by atomic mass is 10.0. The lowest BCUT2D eigenvalue weighted by Crippen LogP contribution is -2.17. The first-order valence-electron chi connectivity index (χ1n) is 5.74. The number of aryl methyl sites for hydroxylation is 1. The highest BCUT2D eigenvalue weighted by Crippen LogP contribution is 2.48. The second-order valence-corrected chi connectivity index (χ2v) is 5.15. The first-order chi connectivity index (χ1) is 7.65. The largest absolute Gasteiger partial charge is 0.493 e. The van der Waals surface area contributed by atoms with E-state index in [1.165, 1.54) is 12.8 Å². The molecule has 1 aliphatic carbocycles. The van der Waals surface area contributed by atoms with Crippen LogP contribution in [-0.4, -0.2) is 13.2 Å². The molecule has 1 aromatic carbocycles. The highest BCUT2D eigenvalue weighted by atomic mass is 35.5. The van der Waals surface area contributed by atoms with E-state index in [-0.39, 0.29) is 0 Å². The molecule has 1 aliphatic rings. The van der Waals surface area contributed by atoms with Gasteiger partial charge in [-0.25, -0.2) is 0 Å². The zero-order chi connectivity index (χ0) is 11.6. The summed E-state index contributed by atoms with van der Waals surface area (Å²) in [6.07, 6.45) is 3.56. The van der Waals surface area contributed by atoms with Crippen LogP contribution in [0.2, 0.25) is 5.02 Å². The van der Waals surface area contributed by atoms with Gasteiger partial charge in [0.1, 0.15) is 5.75 Å². The summed E-state index contributed by atoms with van der Waals surface area (Å²) in [6, 6.07) is 5.80. The molecule has 0 spiro atoms. The van der Waals surface area contributed by atoms with Crippen molar-refractivity contribution >= 4 is 11.6 Å². The molecular weight excluding hydrogens is 222 g/mol. The minimum absolute atomic E-state index is 0.363. The summed E-state index contributed by atoms with van der Waals surface area (Å²) in [5, 5.41) is 0.787. The summed E-state index contributed by atoms with van der Waals surface area (Å²) in [5.41, 5.74) is 7.02. The SMILES string of the molecule is Cc1cc(OCC2(CCN)CC2)ccc1Cl. The van der Waals surface area contributed by atoms with Crippen LogP contribution in [0.5, 0.6) is 5.75 Å². The molecule has 0 heterocycles. The van der Waals surface area contributed by atoms with Crippen LogP contribution in [0, 0.1) is 12.3 Å². The van der Waals surface area contributed by atoms with Gasteiger partial charge >= 0.3 is 0 Å². The van der Waals surface area contributed by atoms with Crippen molar-refractivity contribution in [3.05, 3.63) is 28.8 Å². The van der Waals surface area contributed by atoms with Gasteiger partial charge in [0.05, 0.1) is 6.61 Å². The average molecular weight is 240 g/mol. The third-order valence-corrected chi connectivity index (χ3v) is 3.73. The van der Waals surface area contributed by atoms with Crippen molar-refractivity contribution in [2.24, 2.45) is 11.1 Å². The van der Waals surface area contributed by atoms with Gasteiger partial charge in [-0.2, -0.15) is 0 Å². The summed E-state index contributed by atoms with van der Waals surface area (Å²) in [7, 11) is 0. The van der Waals surface area contributed by atoms with Crippen LogP contribution in [0.25, 0.3) is 0 Å². The van der Waals surface area contributed by atoms with Crippen molar-refractivity contribution in [2.45, 2.75) is 26.2 Å². The van der Waals surface area contributed by atoms with Crippen molar-refractivity contribution in [2.75, 3.05) is 13.2 Å². The van der Waals surface area contributed by atoms with E-state index in [0.29, 0.717) is 5.41 Å². The van der Waals surface area contributed by atoms with Crippen LogP contribution < -0.4 is 10.5 Å². The Labute approximate surface area is 102 Å². The van der Waals surface area contributed by atoms with Gasteiger partial charge in [0.2, 0.25) is 0 Å². The third kappa shape index (κ3) is 2.69. The van der Waals surface area contributed by atoms with Gasteiger partial charge in [-0.3, -0.25) is 0 Å². The molecular formula is C13H18ClNO. The number of halogens is 1. The molecule has 3 heteroatoms. The molecule has 0 unspecified atom stereocenters. The van der Waals surface area contributed by atoms with Crippen LogP contribution in [-0.2, 0) is 0 Å². The minimum Gasteiger partial charge on any atom is -0.493 e. The Morgan fingerprint density at radius 3 is 2.75 bits per heavy atom. The van der Waals surface area contributed by atoms with E-state index in [0.717, 1.165) is 35.9 Å². The lowest BCUT2D eigenvalue weighted by molar-refractivity contribution is 0.227. The Bertz CT molecular complexity index is 374. The molecule has 0 bridgehead atoms. The molecule has 0 saturated heterocycles. The minimum atomic E-state index is 0.363. The van der Waals surface area contributed by atoms with Crippen molar-refractivity contribution < 1.29 is 4.74 Å². The van der Waals surface area contributed by atoms with E-state index >= 15 is 0 Å². The smallest absolute Gasteiger partial charge is 0.119 e. The lowest BCUT2D eigenvalue weighted by Gasteiger charge is -2.15. The number of ether oxygens (including phenoxy) is 1. The van der Waals surface area contributed by atoms with Gasteiger partial charge in [0.25, 0.3) is 0 Å². The Balaban J connectivity index is 1.92. The van der Waals surface area contributed by atoms with Gasteiger partial charge < -0.3 is 10.5 Å². The number of rotatable bonds is 5. The molecule has 16 heavy (non-hydrogen) atoms. The van der Waals surface area contributed by atoms with Crippen molar-refractivity contribution in [1.29, 1.82) is 0 Å². The van der Waals surface area contributed by atoms with E-state index < -0.39 is 0 Å². The van der Waals surface area contributed by atoms with Gasteiger partial charge in [0.15, 0.2) is 0 Å². The fourth-order valence-electron chi connectivity index (χ4n) is 1.89. The molecule has 0 aromatic heterocycles. The molecule has 2 rings (SSSR count). The Kier molecular flexibility index (Phi) is 3.41. The predicted octanol–water partition coefficient (Wildman–Crippen LogP) is 3.16. The quantitative estimate of drug-likeness (QED) is 0.857. The fraction of sp³-hybridized carbons (Fsp3) is 0.538. The number of hydrogen-bond donors (Lipinski definition) is 1.